The van der Waals surface area contributed by atoms with Crippen LogP contribution in [0.2, 0.25) is 0 Å². The molecule has 0 unspecified atom stereocenters. The summed E-state index contributed by atoms with van der Waals surface area (Å²) in [4.78, 5) is 10.6. The number of nitro benzene ring substituents is 1. The third kappa shape index (κ3) is 3.78. The topological polar surface area (TPSA) is 71.9 Å². The molecule has 0 amide bonds. The number of non-ortho nitro benzene ring substituents is 1. The highest BCUT2D eigenvalue weighted by Crippen LogP contribution is 2.28. The first-order valence-corrected chi connectivity index (χ1v) is 9.14. The van der Waals surface area contributed by atoms with E-state index in [-0.39, 0.29) is 5.69 Å². The quantitative estimate of drug-likeness (QED) is 0.255. The highest BCUT2D eigenvalue weighted by atomic mass is 16.6. The molecule has 0 radical (unpaired) electrons. The van der Waals surface area contributed by atoms with Crippen molar-refractivity contribution in [1.29, 1.82) is 5.26 Å². The van der Waals surface area contributed by atoms with Gasteiger partial charge in [-0.05, 0) is 23.3 Å². The molecule has 3 aromatic carbocycles. The summed E-state index contributed by atoms with van der Waals surface area (Å²) in [5.74, 6) is 0. The normalized spacial score (nSPS) is 11.3. The fraction of sp³-hybridized carbons (Fsp3) is 0.0417. The molecule has 4 rings (SSSR count). The Kier molecular flexibility index (Phi) is 4.91. The average Bonchev–Trinajstić information content (AvgIpc) is 3.10. The highest BCUT2D eigenvalue weighted by molar-refractivity contribution is 5.98. The van der Waals surface area contributed by atoms with Gasteiger partial charge < -0.3 is 4.57 Å². The Bertz CT molecular complexity index is 1260. The van der Waals surface area contributed by atoms with Gasteiger partial charge in [-0.25, -0.2) is 0 Å². The van der Waals surface area contributed by atoms with Crippen molar-refractivity contribution >= 4 is 28.2 Å². The second-order valence-electron chi connectivity index (χ2n) is 6.69. The molecule has 5 nitrogen and oxygen atoms in total. The Morgan fingerprint density at radius 1 is 1.03 bits per heavy atom. The maximum Gasteiger partial charge on any atom is 0.270 e. The zero-order chi connectivity index (χ0) is 20.2. The summed E-state index contributed by atoms with van der Waals surface area (Å²) in [7, 11) is 0. The molecular weight excluding hydrogens is 362 g/mol. The third-order valence-electron chi connectivity index (χ3n) is 4.80. The molecule has 0 bridgehead atoms. The Morgan fingerprint density at radius 3 is 2.55 bits per heavy atom. The lowest BCUT2D eigenvalue weighted by Crippen LogP contribution is -1.97. The van der Waals surface area contributed by atoms with Gasteiger partial charge in [0.15, 0.2) is 0 Å². The zero-order valence-corrected chi connectivity index (χ0v) is 15.5. The fourth-order valence-electron chi connectivity index (χ4n) is 3.42. The number of fused-ring (bicyclic) bond motifs is 1. The lowest BCUT2D eigenvalue weighted by Gasteiger charge is -2.05. The van der Waals surface area contributed by atoms with Crippen molar-refractivity contribution in [3.63, 3.8) is 0 Å². The summed E-state index contributed by atoms with van der Waals surface area (Å²) in [5, 5.41) is 21.8. The lowest BCUT2D eigenvalue weighted by molar-refractivity contribution is -0.384. The van der Waals surface area contributed by atoms with Gasteiger partial charge in [0, 0.05) is 41.3 Å². The molecule has 0 fully saturated rings. The molecule has 0 aliphatic heterocycles. The number of aromatic nitrogens is 1. The number of rotatable bonds is 5. The third-order valence-corrected chi connectivity index (χ3v) is 4.80. The van der Waals surface area contributed by atoms with Gasteiger partial charge in [-0.1, -0.05) is 60.7 Å². The van der Waals surface area contributed by atoms with Crippen LogP contribution in [0, 0.1) is 21.4 Å². The summed E-state index contributed by atoms with van der Waals surface area (Å²) in [5.41, 5.74) is 4.04. The van der Waals surface area contributed by atoms with E-state index >= 15 is 0 Å². The van der Waals surface area contributed by atoms with Crippen molar-refractivity contribution in [2.24, 2.45) is 0 Å². The molecule has 29 heavy (non-hydrogen) atoms. The molecule has 0 spiro atoms. The summed E-state index contributed by atoms with van der Waals surface area (Å²) < 4.78 is 2.15. The van der Waals surface area contributed by atoms with E-state index in [0.717, 1.165) is 16.5 Å². The predicted molar refractivity (Wildman–Crippen MR) is 114 cm³/mol. The van der Waals surface area contributed by atoms with E-state index < -0.39 is 4.92 Å². The van der Waals surface area contributed by atoms with Crippen LogP contribution in [0.25, 0.3) is 22.6 Å². The Labute approximate surface area is 167 Å². The molecular formula is C24H17N3O2. The van der Waals surface area contributed by atoms with Gasteiger partial charge in [-0.3, -0.25) is 10.1 Å². The van der Waals surface area contributed by atoms with Crippen LogP contribution in [0.15, 0.2) is 85.1 Å². The van der Waals surface area contributed by atoms with Gasteiger partial charge >= 0.3 is 0 Å². The van der Waals surface area contributed by atoms with Crippen molar-refractivity contribution in [2.45, 2.75) is 6.54 Å². The smallest absolute Gasteiger partial charge is 0.270 e. The van der Waals surface area contributed by atoms with E-state index in [1.807, 2.05) is 42.6 Å². The molecule has 1 heterocycles. The van der Waals surface area contributed by atoms with Crippen molar-refractivity contribution in [1.82, 2.24) is 4.57 Å². The molecule has 0 aliphatic rings. The van der Waals surface area contributed by atoms with Gasteiger partial charge in [0.2, 0.25) is 0 Å². The van der Waals surface area contributed by atoms with Gasteiger partial charge in [0.25, 0.3) is 5.69 Å². The van der Waals surface area contributed by atoms with E-state index in [1.54, 1.807) is 18.2 Å². The first-order valence-electron chi connectivity index (χ1n) is 9.14. The molecule has 0 atom stereocenters. The Morgan fingerprint density at radius 2 is 1.79 bits per heavy atom. The summed E-state index contributed by atoms with van der Waals surface area (Å²) in [6.45, 7) is 0.716. The van der Waals surface area contributed by atoms with E-state index in [1.165, 1.54) is 17.7 Å². The number of nitrogens with zero attached hydrogens (tertiary/aromatic N) is 3. The van der Waals surface area contributed by atoms with Crippen LogP contribution in [-0.4, -0.2) is 9.49 Å². The van der Waals surface area contributed by atoms with Crippen LogP contribution in [0.3, 0.4) is 0 Å². The number of allylic oxidation sites excluding steroid dienone is 1. The van der Waals surface area contributed by atoms with Crippen LogP contribution in [0.4, 0.5) is 5.69 Å². The Hall–Kier alpha value is -4.17. The molecule has 0 N–H and O–H groups in total. The molecule has 0 saturated carbocycles. The predicted octanol–water partition coefficient (Wildman–Crippen LogP) is 5.66. The maximum absolute atomic E-state index is 11.1. The van der Waals surface area contributed by atoms with Crippen LogP contribution in [-0.2, 0) is 6.54 Å². The van der Waals surface area contributed by atoms with Crippen LogP contribution < -0.4 is 0 Å². The molecule has 0 aliphatic carbocycles. The van der Waals surface area contributed by atoms with Crippen molar-refractivity contribution in [3.05, 3.63) is 112 Å². The van der Waals surface area contributed by atoms with Gasteiger partial charge in [0.05, 0.1) is 16.6 Å². The van der Waals surface area contributed by atoms with E-state index in [0.29, 0.717) is 17.7 Å². The first-order chi connectivity index (χ1) is 14.2. The number of nitro groups is 1. The van der Waals surface area contributed by atoms with E-state index in [9.17, 15) is 15.4 Å². The Balaban J connectivity index is 1.80. The minimum absolute atomic E-state index is 0.0323. The summed E-state index contributed by atoms with van der Waals surface area (Å²) in [6.07, 6.45) is 3.81. The second-order valence-corrected chi connectivity index (χ2v) is 6.69. The monoisotopic (exact) mass is 379 g/mol. The number of hydrogen-bond acceptors (Lipinski definition) is 3. The first kappa shape index (κ1) is 18.2. The minimum Gasteiger partial charge on any atom is -0.342 e. The van der Waals surface area contributed by atoms with Crippen molar-refractivity contribution in [3.8, 4) is 6.07 Å². The van der Waals surface area contributed by atoms with Crippen LogP contribution in [0.1, 0.15) is 16.7 Å². The summed E-state index contributed by atoms with van der Waals surface area (Å²) >= 11 is 0. The standard InChI is InChI=1S/C24H17N3O2/c25-15-20(19-9-6-10-22(14-19)27(28)29)13-21-17-26(16-18-7-2-1-3-8-18)24-12-5-4-11-23(21)24/h1-14,17H,16H2/b20-13-. The van der Waals surface area contributed by atoms with E-state index in [2.05, 4.69) is 28.8 Å². The van der Waals surface area contributed by atoms with Crippen molar-refractivity contribution < 1.29 is 4.92 Å². The fourth-order valence-corrected chi connectivity index (χ4v) is 3.42. The SMILES string of the molecule is N#C/C(=C/c1cn(Cc2ccccc2)c2ccccc12)c1cccc([N+](=O)[O-])c1. The largest absolute Gasteiger partial charge is 0.342 e. The zero-order valence-electron chi connectivity index (χ0n) is 15.5. The van der Waals surface area contributed by atoms with Gasteiger partial charge in [0.1, 0.15) is 0 Å². The van der Waals surface area contributed by atoms with Gasteiger partial charge in [-0.15, -0.1) is 0 Å². The van der Waals surface area contributed by atoms with Gasteiger partial charge in [-0.2, -0.15) is 5.26 Å². The summed E-state index contributed by atoms with van der Waals surface area (Å²) in [6, 6.07) is 26.5. The van der Waals surface area contributed by atoms with E-state index in [4.69, 9.17) is 0 Å². The number of benzene rings is 3. The lowest BCUT2D eigenvalue weighted by atomic mass is 10.0. The maximum atomic E-state index is 11.1. The van der Waals surface area contributed by atoms with Crippen molar-refractivity contribution in [2.75, 3.05) is 0 Å². The number of para-hydroxylation sites is 1. The molecule has 0 saturated heterocycles. The van der Waals surface area contributed by atoms with Crippen LogP contribution >= 0.6 is 0 Å². The highest BCUT2D eigenvalue weighted by Gasteiger charge is 2.12. The number of nitriles is 1. The molecule has 4 aromatic rings. The molecule has 1 aromatic heterocycles. The molecule has 5 heteroatoms. The van der Waals surface area contributed by atoms with Crippen LogP contribution in [0.5, 0.6) is 0 Å². The second kappa shape index (κ2) is 7.83. The number of hydrogen-bond donors (Lipinski definition) is 0. The average molecular weight is 379 g/mol. The molecule has 140 valence electrons. The minimum atomic E-state index is -0.454.